The molecular weight excluding hydrogens is 280 g/mol. The number of aliphatic hydroxyl groups is 1. The van der Waals surface area contributed by atoms with Crippen LogP contribution in [0.4, 0.5) is 4.79 Å². The van der Waals surface area contributed by atoms with Crippen molar-refractivity contribution in [1.29, 1.82) is 0 Å². The summed E-state index contributed by atoms with van der Waals surface area (Å²) in [7, 11) is 1.67. The highest BCUT2D eigenvalue weighted by Gasteiger charge is 2.21. The predicted molar refractivity (Wildman–Crippen MR) is 85.9 cm³/mol. The number of urea groups is 1. The molecule has 1 aliphatic carbocycles. The van der Waals surface area contributed by atoms with Crippen LogP contribution in [-0.4, -0.2) is 41.3 Å². The van der Waals surface area contributed by atoms with Crippen LogP contribution in [0.5, 0.6) is 5.75 Å². The Labute approximate surface area is 132 Å². The molecule has 5 nitrogen and oxygen atoms in total. The Morgan fingerprint density at radius 3 is 2.68 bits per heavy atom. The zero-order valence-electron chi connectivity index (χ0n) is 13.6. The van der Waals surface area contributed by atoms with Crippen LogP contribution < -0.4 is 10.1 Å². The van der Waals surface area contributed by atoms with E-state index in [9.17, 15) is 9.90 Å². The lowest BCUT2D eigenvalue weighted by molar-refractivity contribution is 0.0531. The SMILES string of the molecule is CN(CC(C)(C)O)C(=O)NCc1ccccc1OC1CCC1. The normalized spacial score (nSPS) is 15.1. The second-order valence-corrected chi connectivity index (χ2v) is 6.61. The Balaban J connectivity index is 1.89. The number of rotatable bonds is 6. The second kappa shape index (κ2) is 7.01. The molecule has 1 aromatic carbocycles. The van der Waals surface area contributed by atoms with Crippen molar-refractivity contribution >= 4 is 6.03 Å². The summed E-state index contributed by atoms with van der Waals surface area (Å²) in [6.07, 6.45) is 3.75. The van der Waals surface area contributed by atoms with Crippen molar-refractivity contribution in [2.45, 2.75) is 51.4 Å². The molecule has 0 radical (unpaired) electrons. The third-order valence-corrected chi connectivity index (χ3v) is 3.72. The summed E-state index contributed by atoms with van der Waals surface area (Å²) in [6.45, 7) is 4.05. The smallest absolute Gasteiger partial charge is 0.317 e. The fraction of sp³-hybridized carbons (Fsp3) is 0.588. The van der Waals surface area contributed by atoms with Crippen LogP contribution in [0.1, 0.15) is 38.7 Å². The molecule has 0 spiro atoms. The fourth-order valence-electron chi connectivity index (χ4n) is 2.39. The number of para-hydroxylation sites is 1. The number of ether oxygens (including phenoxy) is 1. The number of nitrogens with zero attached hydrogens (tertiary/aromatic N) is 1. The second-order valence-electron chi connectivity index (χ2n) is 6.61. The highest BCUT2D eigenvalue weighted by atomic mass is 16.5. The van der Waals surface area contributed by atoms with Crippen LogP contribution in [0.15, 0.2) is 24.3 Å². The molecule has 5 heteroatoms. The first-order chi connectivity index (χ1) is 10.3. The number of nitrogens with one attached hydrogen (secondary N) is 1. The lowest BCUT2D eigenvalue weighted by Crippen LogP contribution is -2.44. The number of carbonyl (C=O) groups excluding carboxylic acids is 1. The molecule has 1 aliphatic rings. The molecule has 1 fully saturated rings. The van der Waals surface area contributed by atoms with Crippen LogP contribution >= 0.6 is 0 Å². The summed E-state index contributed by atoms with van der Waals surface area (Å²) >= 11 is 0. The highest BCUT2D eigenvalue weighted by molar-refractivity contribution is 5.74. The Morgan fingerprint density at radius 1 is 1.41 bits per heavy atom. The van der Waals surface area contributed by atoms with Gasteiger partial charge in [-0.2, -0.15) is 0 Å². The molecule has 0 aromatic heterocycles. The number of hydrogen-bond acceptors (Lipinski definition) is 3. The van der Waals surface area contributed by atoms with Gasteiger partial charge in [-0.25, -0.2) is 4.79 Å². The first-order valence-electron chi connectivity index (χ1n) is 7.81. The van der Waals surface area contributed by atoms with E-state index >= 15 is 0 Å². The van der Waals surface area contributed by atoms with Gasteiger partial charge in [0.1, 0.15) is 5.75 Å². The van der Waals surface area contributed by atoms with Gasteiger partial charge in [0.05, 0.1) is 18.2 Å². The summed E-state index contributed by atoms with van der Waals surface area (Å²) in [5, 5.41) is 12.6. The maximum absolute atomic E-state index is 12.1. The monoisotopic (exact) mass is 306 g/mol. The van der Waals surface area contributed by atoms with Crippen molar-refractivity contribution in [2.24, 2.45) is 0 Å². The van der Waals surface area contributed by atoms with Gasteiger partial charge in [0.15, 0.2) is 0 Å². The van der Waals surface area contributed by atoms with E-state index in [1.165, 1.54) is 11.3 Å². The molecule has 22 heavy (non-hydrogen) atoms. The number of amides is 2. The van der Waals surface area contributed by atoms with Gasteiger partial charge >= 0.3 is 6.03 Å². The molecule has 122 valence electrons. The van der Waals surface area contributed by atoms with Gasteiger partial charge in [-0.3, -0.25) is 0 Å². The third-order valence-electron chi connectivity index (χ3n) is 3.72. The lowest BCUT2D eigenvalue weighted by atomic mass is 9.96. The van der Waals surface area contributed by atoms with E-state index in [1.54, 1.807) is 20.9 Å². The summed E-state index contributed by atoms with van der Waals surface area (Å²) < 4.78 is 5.95. The third kappa shape index (κ3) is 4.91. The minimum absolute atomic E-state index is 0.208. The number of benzene rings is 1. The maximum atomic E-state index is 12.1. The predicted octanol–water partition coefficient (Wildman–Crippen LogP) is 2.53. The summed E-state index contributed by atoms with van der Waals surface area (Å²) in [4.78, 5) is 13.5. The van der Waals surface area contributed by atoms with Crippen LogP contribution in [0.2, 0.25) is 0 Å². The fourth-order valence-corrected chi connectivity index (χ4v) is 2.39. The van der Waals surface area contributed by atoms with E-state index in [2.05, 4.69) is 5.32 Å². The van der Waals surface area contributed by atoms with E-state index in [-0.39, 0.29) is 12.6 Å². The molecule has 0 aliphatic heterocycles. The van der Waals surface area contributed by atoms with Gasteiger partial charge in [0, 0.05) is 19.2 Å². The standard InChI is InChI=1S/C17H26N2O3/c1-17(2,21)12-19(3)16(20)18-11-13-7-4-5-10-15(13)22-14-8-6-9-14/h4-5,7,10,14,21H,6,8-9,11-12H2,1-3H3,(H,18,20). The topological polar surface area (TPSA) is 61.8 Å². The number of carbonyl (C=O) groups is 1. The molecule has 0 atom stereocenters. The Hall–Kier alpha value is -1.75. The average molecular weight is 306 g/mol. The first-order valence-corrected chi connectivity index (χ1v) is 7.81. The van der Waals surface area contributed by atoms with E-state index in [0.717, 1.165) is 24.2 Å². The maximum Gasteiger partial charge on any atom is 0.317 e. The molecule has 2 rings (SSSR count). The van der Waals surface area contributed by atoms with E-state index < -0.39 is 5.60 Å². The van der Waals surface area contributed by atoms with Crippen LogP contribution in [0.25, 0.3) is 0 Å². The molecular formula is C17H26N2O3. The van der Waals surface area contributed by atoms with Crippen molar-refractivity contribution in [3.05, 3.63) is 29.8 Å². The van der Waals surface area contributed by atoms with Gasteiger partial charge in [-0.15, -0.1) is 0 Å². The lowest BCUT2D eigenvalue weighted by Gasteiger charge is -2.28. The van der Waals surface area contributed by atoms with Gasteiger partial charge in [-0.1, -0.05) is 18.2 Å². The Kier molecular flexibility index (Phi) is 5.29. The molecule has 1 aromatic rings. The van der Waals surface area contributed by atoms with Crippen LogP contribution in [-0.2, 0) is 6.54 Å². The van der Waals surface area contributed by atoms with E-state index in [1.807, 2.05) is 24.3 Å². The average Bonchev–Trinajstić information content (AvgIpc) is 2.39. The van der Waals surface area contributed by atoms with E-state index in [4.69, 9.17) is 4.74 Å². The zero-order valence-corrected chi connectivity index (χ0v) is 13.6. The quantitative estimate of drug-likeness (QED) is 0.849. The largest absolute Gasteiger partial charge is 0.490 e. The number of hydrogen-bond donors (Lipinski definition) is 2. The molecule has 2 amide bonds. The van der Waals surface area contributed by atoms with Crippen LogP contribution in [0.3, 0.4) is 0 Å². The van der Waals surface area contributed by atoms with E-state index in [0.29, 0.717) is 12.6 Å². The van der Waals surface area contributed by atoms with Crippen molar-refractivity contribution in [1.82, 2.24) is 10.2 Å². The molecule has 0 unspecified atom stereocenters. The van der Waals surface area contributed by atoms with Crippen molar-refractivity contribution in [3.8, 4) is 5.75 Å². The van der Waals surface area contributed by atoms with Crippen molar-refractivity contribution in [2.75, 3.05) is 13.6 Å². The minimum atomic E-state index is -0.905. The molecule has 2 N–H and O–H groups in total. The van der Waals surface area contributed by atoms with Gasteiger partial charge in [0.2, 0.25) is 0 Å². The highest BCUT2D eigenvalue weighted by Crippen LogP contribution is 2.27. The molecule has 0 saturated heterocycles. The van der Waals surface area contributed by atoms with Gasteiger partial charge in [-0.05, 0) is 39.2 Å². The number of likely N-dealkylation sites (N-methyl/N-ethyl adjacent to an activating group) is 1. The Bertz CT molecular complexity index is 507. The van der Waals surface area contributed by atoms with Gasteiger partial charge < -0.3 is 20.1 Å². The molecule has 0 bridgehead atoms. The zero-order chi connectivity index (χ0) is 16.2. The van der Waals surface area contributed by atoms with Crippen LogP contribution in [0, 0.1) is 0 Å². The van der Waals surface area contributed by atoms with Crippen molar-refractivity contribution in [3.63, 3.8) is 0 Å². The molecule has 1 saturated carbocycles. The van der Waals surface area contributed by atoms with Gasteiger partial charge in [0.25, 0.3) is 0 Å². The minimum Gasteiger partial charge on any atom is -0.490 e. The Morgan fingerprint density at radius 2 is 2.09 bits per heavy atom. The summed E-state index contributed by atoms with van der Waals surface area (Å²) in [5.74, 6) is 0.845. The first kappa shape index (κ1) is 16.6. The summed E-state index contributed by atoms with van der Waals surface area (Å²) in [6, 6.07) is 7.58. The van der Waals surface area contributed by atoms with Crippen molar-refractivity contribution < 1.29 is 14.6 Å². The molecule has 0 heterocycles. The summed E-state index contributed by atoms with van der Waals surface area (Å²) in [5.41, 5.74) is 0.0662.